The fourth-order valence-electron chi connectivity index (χ4n) is 6.09. The van der Waals surface area contributed by atoms with Crippen molar-refractivity contribution in [1.82, 2.24) is 28.7 Å². The second-order valence-corrected chi connectivity index (χ2v) is 12.3. The van der Waals surface area contributed by atoms with Crippen LogP contribution in [0.25, 0.3) is 33.8 Å². The van der Waals surface area contributed by atoms with Gasteiger partial charge in [-0.3, -0.25) is 9.47 Å². The molecule has 0 radical (unpaired) electrons. The molecule has 5 heterocycles. The summed E-state index contributed by atoms with van der Waals surface area (Å²) in [6.45, 7) is 12.4. The second kappa shape index (κ2) is 11.2. The molecule has 8 nitrogen and oxygen atoms in total. The van der Waals surface area contributed by atoms with E-state index < -0.39 is 11.0 Å². The average Bonchev–Trinajstić information content (AvgIpc) is 3.58. The van der Waals surface area contributed by atoms with Crippen LogP contribution in [0.1, 0.15) is 31.5 Å². The topological polar surface area (TPSA) is 93.2 Å². The Morgan fingerprint density at radius 2 is 1.90 bits per heavy atom. The first kappa shape index (κ1) is 27.3. The summed E-state index contributed by atoms with van der Waals surface area (Å²) in [5, 5.41) is 1.53. The van der Waals surface area contributed by atoms with E-state index in [1.165, 1.54) is 11.0 Å². The van der Waals surface area contributed by atoms with Crippen LogP contribution in [0.5, 0.6) is 0 Å². The van der Waals surface area contributed by atoms with Gasteiger partial charge in [0.1, 0.15) is 22.3 Å². The summed E-state index contributed by atoms with van der Waals surface area (Å²) < 4.78 is 16.2. The number of anilines is 1. The van der Waals surface area contributed by atoms with Crippen LogP contribution in [0.3, 0.4) is 0 Å². The van der Waals surface area contributed by atoms with Gasteiger partial charge in [0.05, 0.1) is 11.3 Å². The standard InChI is InChI=1S/C32H35N7OS/c1-4-8-24(5-2)27-14-15-28-31(35-27)39(30(36-28)26-9-7-17-34-29(26)33)25-12-10-23(11-13-25)19-37-20-32(21-37)16-18-38(22-32)41(40)6-3/h4-15,17H,3,16,18-22H2,1-2H3,(H2,33,34)/b8-4-,24-5+. The van der Waals surface area contributed by atoms with E-state index in [9.17, 15) is 4.21 Å². The normalized spacial score (nSPS) is 18.3. The largest absolute Gasteiger partial charge is 0.383 e. The molecule has 2 fully saturated rings. The fraction of sp³-hybridized carbons (Fsp3) is 0.281. The third-order valence-electron chi connectivity index (χ3n) is 8.06. The Hall–Kier alpha value is -3.92. The number of imidazole rings is 1. The van der Waals surface area contributed by atoms with Crippen molar-refractivity contribution in [3.05, 3.63) is 96.2 Å². The molecule has 0 saturated carbocycles. The maximum atomic E-state index is 12.1. The lowest BCUT2D eigenvalue weighted by atomic mass is 9.79. The zero-order valence-corrected chi connectivity index (χ0v) is 24.3. The first-order valence-corrected chi connectivity index (χ1v) is 15.1. The summed E-state index contributed by atoms with van der Waals surface area (Å²) >= 11 is 0. The second-order valence-electron chi connectivity index (χ2n) is 10.9. The molecular formula is C32H35N7OS. The number of hydrogen-bond acceptors (Lipinski definition) is 6. The highest BCUT2D eigenvalue weighted by atomic mass is 32.2. The van der Waals surface area contributed by atoms with E-state index in [1.807, 2.05) is 48.5 Å². The molecular weight excluding hydrogens is 530 g/mol. The number of nitrogens with zero attached hydrogens (tertiary/aromatic N) is 6. The lowest BCUT2D eigenvalue weighted by Gasteiger charge is -2.48. The minimum Gasteiger partial charge on any atom is -0.383 e. The molecule has 1 atom stereocenters. The van der Waals surface area contributed by atoms with Gasteiger partial charge in [0.25, 0.3) is 0 Å². The molecule has 3 aromatic heterocycles. The smallest absolute Gasteiger partial charge is 0.165 e. The maximum absolute atomic E-state index is 12.1. The molecule has 6 rings (SSSR count). The van der Waals surface area contributed by atoms with Crippen LogP contribution in [0.4, 0.5) is 5.82 Å². The number of hydrogen-bond donors (Lipinski definition) is 1. The van der Waals surface area contributed by atoms with Crippen molar-refractivity contribution in [1.29, 1.82) is 0 Å². The van der Waals surface area contributed by atoms with Gasteiger partial charge >= 0.3 is 0 Å². The molecule has 2 aliphatic rings. The number of benzene rings is 1. The van der Waals surface area contributed by atoms with Gasteiger partial charge in [0, 0.05) is 55.4 Å². The van der Waals surface area contributed by atoms with Gasteiger partial charge in [-0.15, -0.1) is 0 Å². The molecule has 2 saturated heterocycles. The minimum atomic E-state index is -1.07. The highest BCUT2D eigenvalue weighted by Gasteiger charge is 2.48. The van der Waals surface area contributed by atoms with Crippen molar-refractivity contribution in [2.75, 3.05) is 31.9 Å². The Balaban J connectivity index is 1.30. The third kappa shape index (κ3) is 5.16. The van der Waals surface area contributed by atoms with E-state index in [1.54, 1.807) is 6.20 Å². The monoisotopic (exact) mass is 565 g/mol. The molecule has 1 unspecified atom stereocenters. The van der Waals surface area contributed by atoms with Gasteiger partial charge in [0.15, 0.2) is 11.5 Å². The SMILES string of the molecule is C=CS(=O)N1CCC2(CN(Cc3ccc(-n4c(-c5cccnc5N)nc5ccc(C(/C=C\C)=C/C)nc54)cc3)C2)C1. The van der Waals surface area contributed by atoms with Crippen molar-refractivity contribution in [3.63, 3.8) is 0 Å². The Labute approximate surface area is 243 Å². The summed E-state index contributed by atoms with van der Waals surface area (Å²) in [6, 6.07) is 16.5. The molecule has 2 N–H and O–H groups in total. The summed E-state index contributed by atoms with van der Waals surface area (Å²) in [6.07, 6.45) is 8.92. The molecule has 210 valence electrons. The lowest BCUT2D eigenvalue weighted by molar-refractivity contribution is 0.00677. The third-order valence-corrected chi connectivity index (χ3v) is 9.16. The highest BCUT2D eigenvalue weighted by Crippen LogP contribution is 2.41. The summed E-state index contributed by atoms with van der Waals surface area (Å²) in [4.78, 5) is 16.8. The first-order valence-electron chi connectivity index (χ1n) is 13.9. The van der Waals surface area contributed by atoms with Gasteiger partial charge in [-0.1, -0.05) is 36.9 Å². The first-order chi connectivity index (χ1) is 19.9. The van der Waals surface area contributed by atoms with Crippen LogP contribution >= 0.6 is 0 Å². The Morgan fingerprint density at radius 3 is 2.61 bits per heavy atom. The number of nitrogens with two attached hydrogens (primary N) is 1. The zero-order chi connectivity index (χ0) is 28.6. The Morgan fingerprint density at radius 1 is 1.10 bits per heavy atom. The molecule has 2 aliphatic heterocycles. The fourth-order valence-corrected chi connectivity index (χ4v) is 6.98. The quantitative estimate of drug-likeness (QED) is 0.289. The molecule has 0 amide bonds. The summed E-state index contributed by atoms with van der Waals surface area (Å²) in [5.41, 5.74) is 13.0. The minimum absolute atomic E-state index is 0.259. The van der Waals surface area contributed by atoms with Crippen LogP contribution < -0.4 is 5.73 Å². The van der Waals surface area contributed by atoms with E-state index in [0.717, 1.165) is 72.8 Å². The molecule has 4 aromatic rings. The summed E-state index contributed by atoms with van der Waals surface area (Å²) in [7, 11) is -1.07. The van der Waals surface area contributed by atoms with Gasteiger partial charge in [-0.2, -0.15) is 0 Å². The average molecular weight is 566 g/mol. The number of aromatic nitrogens is 4. The van der Waals surface area contributed by atoms with E-state index in [4.69, 9.17) is 15.7 Å². The Kier molecular flexibility index (Phi) is 7.42. The molecule has 0 bridgehead atoms. The van der Waals surface area contributed by atoms with Crippen LogP contribution in [0, 0.1) is 5.41 Å². The highest BCUT2D eigenvalue weighted by molar-refractivity contribution is 7.85. The van der Waals surface area contributed by atoms with Crippen molar-refractivity contribution >= 4 is 33.5 Å². The van der Waals surface area contributed by atoms with Gasteiger partial charge in [-0.05, 0) is 67.8 Å². The van der Waals surface area contributed by atoms with Crippen LogP contribution in [0.15, 0.2) is 84.9 Å². The summed E-state index contributed by atoms with van der Waals surface area (Å²) in [5.74, 6) is 1.14. The maximum Gasteiger partial charge on any atom is 0.165 e. The van der Waals surface area contributed by atoms with E-state index in [2.05, 4.69) is 57.4 Å². The number of fused-ring (bicyclic) bond motifs is 1. The lowest BCUT2D eigenvalue weighted by Crippen LogP contribution is -2.56. The molecule has 41 heavy (non-hydrogen) atoms. The zero-order valence-electron chi connectivity index (χ0n) is 23.5. The van der Waals surface area contributed by atoms with Crippen LogP contribution in [0.2, 0.25) is 0 Å². The molecule has 9 heteroatoms. The van der Waals surface area contributed by atoms with Crippen LogP contribution in [-0.4, -0.2) is 59.1 Å². The van der Waals surface area contributed by atoms with E-state index in [-0.39, 0.29) is 5.41 Å². The van der Waals surface area contributed by atoms with Gasteiger partial charge in [0.2, 0.25) is 0 Å². The number of likely N-dealkylation sites (tertiary alicyclic amines) is 1. The predicted octanol–water partition coefficient (Wildman–Crippen LogP) is 5.36. The predicted molar refractivity (Wildman–Crippen MR) is 167 cm³/mol. The van der Waals surface area contributed by atoms with Crippen molar-refractivity contribution < 1.29 is 4.21 Å². The number of allylic oxidation sites excluding steroid dienone is 4. The van der Waals surface area contributed by atoms with Gasteiger partial charge in [-0.25, -0.2) is 23.5 Å². The van der Waals surface area contributed by atoms with E-state index >= 15 is 0 Å². The van der Waals surface area contributed by atoms with Gasteiger partial charge < -0.3 is 5.73 Å². The Bertz CT molecular complexity index is 1680. The number of pyridine rings is 2. The van der Waals surface area contributed by atoms with Crippen molar-refractivity contribution in [3.8, 4) is 17.1 Å². The number of rotatable bonds is 8. The van der Waals surface area contributed by atoms with E-state index in [0.29, 0.717) is 11.6 Å². The molecule has 1 aromatic carbocycles. The number of nitrogen functional groups attached to an aromatic ring is 1. The molecule has 0 aliphatic carbocycles. The molecule has 1 spiro atoms. The van der Waals surface area contributed by atoms with Crippen LogP contribution in [-0.2, 0) is 17.5 Å². The van der Waals surface area contributed by atoms with Crippen molar-refractivity contribution in [2.45, 2.75) is 26.8 Å². The van der Waals surface area contributed by atoms with Crippen molar-refractivity contribution in [2.24, 2.45) is 5.41 Å².